The molecule has 4 nitrogen and oxygen atoms in total. The van der Waals surface area contributed by atoms with Gasteiger partial charge in [0.1, 0.15) is 4.75 Å². The number of hydrogen-bond acceptors (Lipinski definition) is 3. The highest BCUT2D eigenvalue weighted by Crippen LogP contribution is 2.14. The third kappa shape index (κ3) is 3.15. The van der Waals surface area contributed by atoms with E-state index in [1.807, 2.05) is 0 Å². The second-order valence-electron chi connectivity index (χ2n) is 3.23. The van der Waals surface area contributed by atoms with Crippen LogP contribution in [0.25, 0.3) is 0 Å². The molecule has 0 fully saturated rings. The highest BCUT2D eigenvalue weighted by Gasteiger charge is 2.37. The molecule has 0 unspecified atom stereocenters. The van der Waals surface area contributed by atoms with Gasteiger partial charge in [0.15, 0.2) is 9.84 Å². The Hall–Kier alpha value is -0.290. The van der Waals surface area contributed by atoms with Gasteiger partial charge in [0.2, 0.25) is 5.91 Å². The van der Waals surface area contributed by atoms with Gasteiger partial charge in [-0.2, -0.15) is 0 Å². The number of hydrogen-bond donors (Lipinski definition) is 1. The van der Waals surface area contributed by atoms with Gasteiger partial charge in [-0.25, -0.2) is 8.42 Å². The molecule has 0 spiro atoms. The summed E-state index contributed by atoms with van der Waals surface area (Å²) in [5.74, 6) is -0.248. The summed E-state index contributed by atoms with van der Waals surface area (Å²) in [6.07, 6.45) is 1.03. The van der Waals surface area contributed by atoms with Crippen LogP contribution in [0, 0.1) is 0 Å². The first-order valence-corrected chi connectivity index (χ1v) is 6.20. The van der Waals surface area contributed by atoms with Crippen molar-refractivity contribution in [2.24, 2.45) is 0 Å². The summed E-state index contributed by atoms with van der Waals surface area (Å²) >= 11 is 5.35. The number of nitrogens with one attached hydrogen (secondary N) is 1. The van der Waals surface area contributed by atoms with Gasteiger partial charge >= 0.3 is 0 Å². The van der Waals surface area contributed by atoms with Crippen LogP contribution in [0.2, 0.25) is 0 Å². The van der Waals surface area contributed by atoms with Gasteiger partial charge < -0.3 is 5.32 Å². The first-order valence-electron chi connectivity index (χ1n) is 3.77. The molecule has 78 valence electrons. The van der Waals surface area contributed by atoms with Crippen LogP contribution >= 0.6 is 11.6 Å². The predicted molar refractivity (Wildman–Crippen MR) is 52.7 cm³/mol. The number of carbonyl (C=O) groups is 1. The van der Waals surface area contributed by atoms with Gasteiger partial charge in [-0.1, -0.05) is 0 Å². The second-order valence-corrected chi connectivity index (χ2v) is 6.17. The van der Waals surface area contributed by atoms with Crippen LogP contribution in [-0.2, 0) is 14.6 Å². The molecular weight excluding hydrogens is 214 g/mol. The topological polar surface area (TPSA) is 63.2 Å². The summed E-state index contributed by atoms with van der Waals surface area (Å²) in [5.41, 5.74) is 0. The Morgan fingerprint density at radius 3 is 2.23 bits per heavy atom. The molecule has 1 N–H and O–H groups in total. The van der Waals surface area contributed by atoms with Crippen LogP contribution in [0.3, 0.4) is 0 Å². The van der Waals surface area contributed by atoms with Gasteiger partial charge in [0.05, 0.1) is 0 Å². The van der Waals surface area contributed by atoms with E-state index in [2.05, 4.69) is 5.32 Å². The van der Waals surface area contributed by atoms with Gasteiger partial charge in [-0.15, -0.1) is 11.6 Å². The van der Waals surface area contributed by atoms with Gasteiger partial charge in [-0.05, 0) is 13.8 Å². The molecule has 0 saturated carbocycles. The Bertz CT molecular complexity index is 284. The third-order valence-electron chi connectivity index (χ3n) is 1.85. The van der Waals surface area contributed by atoms with Crippen molar-refractivity contribution in [3.8, 4) is 0 Å². The molecule has 0 aromatic carbocycles. The molecular formula is C7H14ClNO3S. The maximum Gasteiger partial charge on any atom is 0.240 e. The molecule has 0 aromatic heterocycles. The zero-order valence-electron chi connectivity index (χ0n) is 7.93. The minimum atomic E-state index is -3.39. The minimum absolute atomic E-state index is 0.269. The molecule has 0 aliphatic heterocycles. The second kappa shape index (κ2) is 4.28. The van der Waals surface area contributed by atoms with Crippen LogP contribution in [0.1, 0.15) is 13.8 Å². The van der Waals surface area contributed by atoms with E-state index in [0.29, 0.717) is 0 Å². The highest BCUT2D eigenvalue weighted by molar-refractivity contribution is 7.92. The fraction of sp³-hybridized carbons (Fsp3) is 0.857. The maximum absolute atomic E-state index is 11.3. The lowest BCUT2D eigenvalue weighted by molar-refractivity contribution is -0.122. The summed E-state index contributed by atoms with van der Waals surface area (Å²) in [5, 5.41) is 2.43. The van der Waals surface area contributed by atoms with E-state index in [-0.39, 0.29) is 12.4 Å². The Morgan fingerprint density at radius 1 is 1.46 bits per heavy atom. The minimum Gasteiger partial charge on any atom is -0.354 e. The van der Waals surface area contributed by atoms with E-state index >= 15 is 0 Å². The van der Waals surface area contributed by atoms with E-state index in [9.17, 15) is 13.2 Å². The molecule has 0 aliphatic carbocycles. The van der Waals surface area contributed by atoms with Crippen LogP contribution in [-0.4, -0.2) is 37.8 Å². The van der Waals surface area contributed by atoms with Crippen molar-refractivity contribution in [2.45, 2.75) is 18.6 Å². The zero-order valence-corrected chi connectivity index (χ0v) is 9.50. The van der Waals surface area contributed by atoms with Crippen molar-refractivity contribution < 1.29 is 13.2 Å². The molecule has 1 amide bonds. The summed E-state index contributed by atoms with van der Waals surface area (Å²) in [6, 6.07) is 0. The normalized spacial score (nSPS) is 12.6. The molecule has 0 aromatic rings. The van der Waals surface area contributed by atoms with Gasteiger partial charge in [0.25, 0.3) is 0 Å². The number of amides is 1. The molecule has 0 heterocycles. The standard InChI is InChI=1S/C7H14ClNO3S/c1-7(2,13(3,11)12)6(10)9-5-4-8/h4-5H2,1-3H3,(H,9,10). The SMILES string of the molecule is CC(C)(C(=O)NCCCl)S(C)(=O)=O. The fourth-order valence-electron chi connectivity index (χ4n) is 0.542. The van der Waals surface area contributed by atoms with Gasteiger partial charge in [-0.3, -0.25) is 4.79 Å². The molecule has 0 saturated heterocycles. The smallest absolute Gasteiger partial charge is 0.240 e. The first kappa shape index (κ1) is 12.7. The number of sulfone groups is 1. The van der Waals surface area contributed by atoms with Crippen molar-refractivity contribution in [2.75, 3.05) is 18.7 Å². The average molecular weight is 228 g/mol. The first-order chi connectivity index (χ1) is 5.73. The van der Waals surface area contributed by atoms with Crippen LogP contribution in [0.15, 0.2) is 0 Å². The van der Waals surface area contributed by atoms with Crippen molar-refractivity contribution in [1.82, 2.24) is 5.32 Å². The van der Waals surface area contributed by atoms with Crippen LogP contribution in [0.5, 0.6) is 0 Å². The summed E-state index contributed by atoms with van der Waals surface area (Å²) in [7, 11) is -3.39. The molecule has 0 radical (unpaired) electrons. The van der Waals surface area contributed by atoms with E-state index in [1.54, 1.807) is 0 Å². The summed E-state index contributed by atoms with van der Waals surface area (Å²) < 4.78 is 20.9. The van der Waals surface area contributed by atoms with Crippen molar-refractivity contribution in [3.05, 3.63) is 0 Å². The Morgan fingerprint density at radius 2 is 1.92 bits per heavy atom. The zero-order chi connectivity index (χ0) is 10.7. The fourth-order valence-corrected chi connectivity index (χ4v) is 1.05. The molecule has 0 aliphatic rings. The van der Waals surface area contributed by atoms with Gasteiger partial charge in [0, 0.05) is 18.7 Å². The molecule has 0 atom stereocenters. The third-order valence-corrected chi connectivity index (χ3v) is 4.08. The number of carbonyl (C=O) groups excluding carboxylic acids is 1. The Kier molecular flexibility index (Phi) is 4.19. The lowest BCUT2D eigenvalue weighted by Gasteiger charge is -2.20. The predicted octanol–water partition coefficient (Wildman–Crippen LogP) is 0.165. The quantitative estimate of drug-likeness (QED) is 0.697. The maximum atomic E-state index is 11.3. The highest BCUT2D eigenvalue weighted by atomic mass is 35.5. The molecule has 0 rings (SSSR count). The van der Waals surface area contributed by atoms with Crippen molar-refractivity contribution >= 4 is 27.3 Å². The van der Waals surface area contributed by atoms with Crippen LogP contribution in [0.4, 0.5) is 0 Å². The molecule has 6 heteroatoms. The lowest BCUT2D eigenvalue weighted by Crippen LogP contribution is -2.48. The van der Waals surface area contributed by atoms with Crippen LogP contribution < -0.4 is 5.32 Å². The number of halogens is 1. The largest absolute Gasteiger partial charge is 0.354 e. The van der Waals surface area contributed by atoms with E-state index in [4.69, 9.17) is 11.6 Å². The van der Waals surface area contributed by atoms with Crippen molar-refractivity contribution in [1.29, 1.82) is 0 Å². The number of alkyl halides is 1. The molecule has 13 heavy (non-hydrogen) atoms. The summed E-state index contributed by atoms with van der Waals surface area (Å²) in [4.78, 5) is 11.3. The van der Waals surface area contributed by atoms with E-state index in [0.717, 1.165) is 6.26 Å². The monoisotopic (exact) mass is 227 g/mol. The lowest BCUT2D eigenvalue weighted by atomic mass is 10.2. The Labute approximate surface area is 83.6 Å². The van der Waals surface area contributed by atoms with E-state index < -0.39 is 20.5 Å². The summed E-state index contributed by atoms with van der Waals surface area (Å²) in [6.45, 7) is 3.01. The Balaban J connectivity index is 4.57. The molecule has 0 bridgehead atoms. The van der Waals surface area contributed by atoms with Crippen molar-refractivity contribution in [3.63, 3.8) is 0 Å². The average Bonchev–Trinajstić information content (AvgIpc) is 1.97. The number of rotatable bonds is 4. The van der Waals surface area contributed by atoms with E-state index in [1.165, 1.54) is 13.8 Å².